The van der Waals surface area contributed by atoms with E-state index in [-0.39, 0.29) is 5.57 Å². The number of carbonyl (C=O) groups is 1. The summed E-state index contributed by atoms with van der Waals surface area (Å²) in [6.07, 6.45) is 1.60. The fraction of sp³-hybridized carbons (Fsp3) is 0.0400. The van der Waals surface area contributed by atoms with E-state index in [1.54, 1.807) is 72.9 Å². The molecule has 0 radical (unpaired) electrons. The number of aromatic nitrogens is 1. The van der Waals surface area contributed by atoms with Crippen molar-refractivity contribution in [1.82, 2.24) is 4.98 Å². The van der Waals surface area contributed by atoms with Gasteiger partial charge in [0.2, 0.25) is 11.1 Å². The molecule has 4 rings (SSSR count). The molecule has 4 aromatic rings. The molecular formula is C25H21FN4O3S2. The largest absolute Gasteiger partial charge is 0.383 e. The fourth-order valence-corrected chi connectivity index (χ4v) is 4.53. The summed E-state index contributed by atoms with van der Waals surface area (Å²) in [7, 11) is 0. The Labute approximate surface area is 209 Å². The van der Waals surface area contributed by atoms with Gasteiger partial charge in [0.1, 0.15) is 5.82 Å². The van der Waals surface area contributed by atoms with Crippen molar-refractivity contribution in [1.29, 1.82) is 0 Å². The van der Waals surface area contributed by atoms with E-state index in [9.17, 15) is 9.00 Å². The van der Waals surface area contributed by atoms with E-state index >= 15 is 4.39 Å². The lowest BCUT2D eigenvalue weighted by molar-refractivity contribution is -0.114. The van der Waals surface area contributed by atoms with Gasteiger partial charge in [-0.1, -0.05) is 36.4 Å². The number of hydrogen-bond donors (Lipinski definition) is 4. The maximum Gasteiger partial charge on any atom is 0.284 e. The van der Waals surface area contributed by atoms with Crippen LogP contribution in [-0.2, 0) is 20.2 Å². The standard InChI is InChI=1S/C25H21FN4O3S2/c1-14(16-7-6-15-10-11-29-24(27)19(15)12-16)23(26)25(31)30-20-9-8-17(13-21(20)34)18-4-2-3-5-22(18)35(32)33-28/h2-13,34H,28H2,1H3,(H2,27,29)(H,30,31)/b23-14+. The SMILES string of the molecule is C/C(=C(\F)C(=O)Nc1ccc(-c2ccccc2S(=O)ON)cc1S)c1ccc2ccnc(N)c2c1. The average molecular weight is 509 g/mol. The number of pyridine rings is 1. The van der Waals surface area contributed by atoms with Crippen LogP contribution in [0.2, 0.25) is 0 Å². The molecule has 0 saturated heterocycles. The Morgan fingerprint density at radius 3 is 2.63 bits per heavy atom. The zero-order chi connectivity index (χ0) is 25.1. The van der Waals surface area contributed by atoms with Crippen molar-refractivity contribution in [3.05, 3.63) is 84.3 Å². The van der Waals surface area contributed by atoms with Gasteiger partial charge in [0.15, 0.2) is 5.83 Å². The second kappa shape index (κ2) is 10.4. The van der Waals surface area contributed by atoms with Crippen LogP contribution in [-0.4, -0.2) is 15.1 Å². The Morgan fingerprint density at radius 1 is 1.11 bits per heavy atom. The van der Waals surface area contributed by atoms with Crippen LogP contribution in [0.4, 0.5) is 15.9 Å². The second-order valence-electron chi connectivity index (χ2n) is 7.58. The van der Waals surface area contributed by atoms with Gasteiger partial charge in [0.25, 0.3) is 5.91 Å². The number of rotatable bonds is 6. The number of nitrogens with two attached hydrogens (primary N) is 2. The highest BCUT2D eigenvalue weighted by atomic mass is 32.2. The van der Waals surface area contributed by atoms with Crippen LogP contribution in [0.25, 0.3) is 27.5 Å². The summed E-state index contributed by atoms with van der Waals surface area (Å²) in [4.78, 5) is 17.5. The number of nitrogens with zero attached hydrogens (tertiary/aromatic N) is 1. The normalized spacial score (nSPS) is 12.8. The Kier molecular flexibility index (Phi) is 7.27. The topological polar surface area (TPSA) is 120 Å². The number of allylic oxidation sites excluding steroid dienone is 1. The molecule has 5 N–H and O–H groups in total. The van der Waals surface area contributed by atoms with Gasteiger partial charge >= 0.3 is 0 Å². The summed E-state index contributed by atoms with van der Waals surface area (Å²) < 4.78 is 31.6. The molecule has 1 heterocycles. The number of anilines is 2. The summed E-state index contributed by atoms with van der Waals surface area (Å²) in [6, 6.07) is 18.8. The lowest BCUT2D eigenvalue weighted by Gasteiger charge is -2.12. The predicted molar refractivity (Wildman–Crippen MR) is 139 cm³/mol. The maximum absolute atomic E-state index is 15.1. The molecular weight excluding hydrogens is 487 g/mol. The number of carbonyl (C=O) groups excluding carboxylic acids is 1. The number of fused-ring (bicyclic) bond motifs is 1. The molecule has 178 valence electrons. The highest BCUT2D eigenvalue weighted by Crippen LogP contribution is 2.32. The van der Waals surface area contributed by atoms with Crippen molar-refractivity contribution in [3.8, 4) is 11.1 Å². The average Bonchev–Trinajstić information content (AvgIpc) is 2.88. The molecule has 0 spiro atoms. The minimum Gasteiger partial charge on any atom is -0.383 e. The fourth-order valence-electron chi connectivity index (χ4n) is 3.61. The lowest BCUT2D eigenvalue weighted by Crippen LogP contribution is -2.13. The van der Waals surface area contributed by atoms with Crippen LogP contribution >= 0.6 is 12.6 Å². The molecule has 7 nitrogen and oxygen atoms in total. The summed E-state index contributed by atoms with van der Waals surface area (Å²) in [5, 5.41) is 4.08. The van der Waals surface area contributed by atoms with E-state index in [0.717, 1.165) is 5.39 Å². The molecule has 1 unspecified atom stereocenters. The minimum atomic E-state index is -1.85. The summed E-state index contributed by atoms with van der Waals surface area (Å²) in [6.45, 7) is 1.52. The van der Waals surface area contributed by atoms with Gasteiger partial charge in [-0.05, 0) is 59.3 Å². The molecule has 0 aliphatic carbocycles. The van der Waals surface area contributed by atoms with Gasteiger partial charge in [-0.15, -0.1) is 12.6 Å². The molecule has 10 heteroatoms. The van der Waals surface area contributed by atoms with Gasteiger partial charge in [0, 0.05) is 22.0 Å². The van der Waals surface area contributed by atoms with E-state index < -0.39 is 22.8 Å². The Morgan fingerprint density at radius 2 is 1.89 bits per heavy atom. The smallest absolute Gasteiger partial charge is 0.284 e. The molecule has 35 heavy (non-hydrogen) atoms. The van der Waals surface area contributed by atoms with E-state index in [2.05, 4.69) is 27.2 Å². The third kappa shape index (κ3) is 5.10. The van der Waals surface area contributed by atoms with E-state index in [0.29, 0.717) is 43.4 Å². The number of amides is 1. The van der Waals surface area contributed by atoms with Gasteiger partial charge in [-0.3, -0.25) is 4.79 Å². The van der Waals surface area contributed by atoms with Crippen molar-refractivity contribution < 1.29 is 17.7 Å². The molecule has 1 atom stereocenters. The van der Waals surface area contributed by atoms with Crippen LogP contribution in [0.1, 0.15) is 12.5 Å². The number of hydrogen-bond acceptors (Lipinski definition) is 7. The van der Waals surface area contributed by atoms with E-state index in [1.165, 1.54) is 6.92 Å². The van der Waals surface area contributed by atoms with Gasteiger partial charge < -0.3 is 11.1 Å². The number of nitrogen functional groups attached to an aromatic ring is 1. The first-order chi connectivity index (χ1) is 16.8. The predicted octanol–water partition coefficient (Wildman–Crippen LogP) is 5.02. The van der Waals surface area contributed by atoms with Crippen molar-refractivity contribution in [2.24, 2.45) is 5.90 Å². The molecule has 1 amide bonds. The van der Waals surface area contributed by atoms with E-state index in [1.807, 2.05) is 0 Å². The van der Waals surface area contributed by atoms with Crippen LogP contribution in [0, 0.1) is 0 Å². The first-order valence-corrected chi connectivity index (χ1v) is 11.9. The molecule has 3 aromatic carbocycles. The highest BCUT2D eigenvalue weighted by molar-refractivity contribution is 7.80. The van der Waals surface area contributed by atoms with E-state index in [4.69, 9.17) is 11.6 Å². The Balaban J connectivity index is 1.60. The van der Waals surface area contributed by atoms with Crippen molar-refractivity contribution in [3.63, 3.8) is 0 Å². The molecule has 0 fully saturated rings. The van der Waals surface area contributed by atoms with Crippen molar-refractivity contribution in [2.75, 3.05) is 11.1 Å². The first-order valence-electron chi connectivity index (χ1n) is 10.3. The third-order valence-corrected chi connectivity index (χ3v) is 6.73. The van der Waals surface area contributed by atoms with Crippen LogP contribution in [0.5, 0.6) is 0 Å². The number of benzene rings is 3. The number of nitrogens with one attached hydrogen (secondary N) is 1. The van der Waals surface area contributed by atoms with Crippen LogP contribution in [0.3, 0.4) is 0 Å². The number of halogens is 1. The first kappa shape index (κ1) is 24.6. The van der Waals surface area contributed by atoms with Gasteiger partial charge in [-0.2, -0.15) is 10.2 Å². The zero-order valence-corrected chi connectivity index (χ0v) is 20.2. The Bertz CT molecular complexity index is 1510. The van der Waals surface area contributed by atoms with Crippen molar-refractivity contribution in [2.45, 2.75) is 16.7 Å². The van der Waals surface area contributed by atoms with Crippen LogP contribution < -0.4 is 16.9 Å². The maximum atomic E-state index is 15.1. The molecule has 0 aliphatic heterocycles. The summed E-state index contributed by atoms with van der Waals surface area (Å²) in [5.74, 6) is 3.55. The number of thiol groups is 1. The minimum absolute atomic E-state index is 0.156. The molecule has 0 saturated carbocycles. The molecule has 0 aliphatic rings. The Hall–Kier alpha value is -3.57. The lowest BCUT2D eigenvalue weighted by atomic mass is 10.0. The van der Waals surface area contributed by atoms with Crippen molar-refractivity contribution >= 4 is 57.5 Å². The second-order valence-corrected chi connectivity index (χ2v) is 9.17. The quantitative estimate of drug-likeness (QED) is 0.165. The monoisotopic (exact) mass is 508 g/mol. The summed E-state index contributed by atoms with van der Waals surface area (Å²) >= 11 is 2.59. The van der Waals surface area contributed by atoms with Gasteiger partial charge in [0.05, 0.1) is 10.6 Å². The highest BCUT2D eigenvalue weighted by Gasteiger charge is 2.17. The molecule has 0 bridgehead atoms. The summed E-state index contributed by atoms with van der Waals surface area (Å²) in [5.41, 5.74) is 8.20. The molecule has 1 aromatic heterocycles. The van der Waals surface area contributed by atoms with Crippen LogP contribution in [0.15, 0.2) is 88.5 Å². The van der Waals surface area contributed by atoms with Gasteiger partial charge in [-0.25, -0.2) is 13.6 Å². The zero-order valence-electron chi connectivity index (χ0n) is 18.5. The third-order valence-electron chi connectivity index (χ3n) is 5.47.